The maximum atomic E-state index is 12.0. The molecule has 100 valence electrons. The fourth-order valence-electron chi connectivity index (χ4n) is 1.47. The molecule has 1 aromatic rings. The summed E-state index contributed by atoms with van der Waals surface area (Å²) in [5.74, 6) is 0.105. The molecule has 0 spiro atoms. The molecule has 18 heavy (non-hydrogen) atoms. The molecule has 0 aliphatic carbocycles. The average molecular weight is 269 g/mol. The third kappa shape index (κ3) is 3.92. The van der Waals surface area contributed by atoms with Gasteiger partial charge in [0.05, 0.1) is 10.6 Å². The Morgan fingerprint density at radius 1 is 1.17 bits per heavy atom. The number of hydrogen-bond acceptors (Lipinski definition) is 4. The Hall–Kier alpha value is -1.20. The van der Waals surface area contributed by atoms with E-state index in [4.69, 9.17) is 0 Å². The molecule has 0 saturated carbocycles. The highest BCUT2D eigenvalue weighted by molar-refractivity contribution is 7.91. The number of hydrogen-bond donors (Lipinski definition) is 0. The molecular weight excluding hydrogens is 250 g/mol. The topological polar surface area (TPSA) is 54.5 Å². The third-order valence-electron chi connectivity index (χ3n) is 2.66. The molecule has 0 heterocycles. The van der Waals surface area contributed by atoms with Crippen LogP contribution in [-0.4, -0.2) is 45.5 Å². The zero-order valence-corrected chi connectivity index (χ0v) is 11.8. The Kier molecular flexibility index (Phi) is 5.04. The maximum absolute atomic E-state index is 12.0. The second kappa shape index (κ2) is 6.11. The van der Waals surface area contributed by atoms with Crippen molar-refractivity contribution in [3.63, 3.8) is 0 Å². The monoisotopic (exact) mass is 269 g/mol. The number of carbonyl (C=O) groups excluding carboxylic acids is 1. The summed E-state index contributed by atoms with van der Waals surface area (Å²) >= 11 is 0. The number of rotatable bonds is 6. The van der Waals surface area contributed by atoms with Crippen LogP contribution in [0.5, 0.6) is 0 Å². The van der Waals surface area contributed by atoms with Crippen molar-refractivity contribution >= 4 is 15.6 Å². The van der Waals surface area contributed by atoms with Crippen molar-refractivity contribution < 1.29 is 13.2 Å². The van der Waals surface area contributed by atoms with Crippen molar-refractivity contribution in [1.29, 1.82) is 0 Å². The lowest BCUT2D eigenvalue weighted by molar-refractivity contribution is 0.0988. The quantitative estimate of drug-likeness (QED) is 0.736. The first-order valence-electron chi connectivity index (χ1n) is 5.87. The predicted molar refractivity (Wildman–Crippen MR) is 71.7 cm³/mol. The van der Waals surface area contributed by atoms with Gasteiger partial charge in [0.1, 0.15) is 0 Å². The average Bonchev–Trinajstić information content (AvgIpc) is 2.36. The molecule has 1 aromatic carbocycles. The molecule has 5 heteroatoms. The zero-order chi connectivity index (χ0) is 13.8. The van der Waals surface area contributed by atoms with E-state index in [0.717, 1.165) is 0 Å². The molecule has 0 aromatic heterocycles. The van der Waals surface area contributed by atoms with Gasteiger partial charge in [-0.05, 0) is 26.2 Å². The number of benzene rings is 1. The lowest BCUT2D eigenvalue weighted by atomic mass is 10.1. The van der Waals surface area contributed by atoms with Crippen molar-refractivity contribution in [1.82, 2.24) is 4.90 Å². The van der Waals surface area contributed by atoms with Crippen LogP contribution in [0.4, 0.5) is 0 Å². The molecule has 0 aliphatic rings. The van der Waals surface area contributed by atoms with Gasteiger partial charge >= 0.3 is 0 Å². The van der Waals surface area contributed by atoms with Crippen LogP contribution in [0.1, 0.15) is 23.7 Å². The van der Waals surface area contributed by atoms with Crippen molar-refractivity contribution in [3.8, 4) is 0 Å². The SMILES string of the molecule is CCC(=O)c1ccc(S(=O)(=O)CCN(C)C)cc1. The Morgan fingerprint density at radius 2 is 1.72 bits per heavy atom. The van der Waals surface area contributed by atoms with E-state index in [9.17, 15) is 13.2 Å². The van der Waals surface area contributed by atoms with Crippen molar-refractivity contribution in [2.45, 2.75) is 18.2 Å². The summed E-state index contributed by atoms with van der Waals surface area (Å²) in [6.45, 7) is 2.27. The maximum Gasteiger partial charge on any atom is 0.179 e. The van der Waals surface area contributed by atoms with E-state index >= 15 is 0 Å². The summed E-state index contributed by atoms with van der Waals surface area (Å²) in [6.07, 6.45) is 0.423. The van der Waals surface area contributed by atoms with Crippen molar-refractivity contribution in [3.05, 3.63) is 29.8 Å². The molecular formula is C13H19NO3S. The summed E-state index contributed by atoms with van der Waals surface area (Å²) < 4.78 is 24.0. The summed E-state index contributed by atoms with van der Waals surface area (Å²) in [4.78, 5) is 13.5. The van der Waals surface area contributed by atoms with Gasteiger partial charge in [-0.2, -0.15) is 0 Å². The molecule has 0 fully saturated rings. The van der Waals surface area contributed by atoms with Gasteiger partial charge in [0.2, 0.25) is 0 Å². The number of sulfone groups is 1. The number of ketones is 1. The van der Waals surface area contributed by atoms with Gasteiger partial charge < -0.3 is 4.90 Å². The van der Waals surface area contributed by atoms with Crippen LogP contribution in [0.3, 0.4) is 0 Å². The number of Topliss-reactive ketones (excluding diaryl/α,β-unsaturated/α-hetero) is 1. The van der Waals surface area contributed by atoms with Gasteiger partial charge in [-0.25, -0.2) is 8.42 Å². The van der Waals surface area contributed by atoms with E-state index in [1.807, 2.05) is 19.0 Å². The molecule has 0 aliphatic heterocycles. The summed E-state index contributed by atoms with van der Waals surface area (Å²) in [5, 5.41) is 0. The normalized spacial score (nSPS) is 11.8. The minimum Gasteiger partial charge on any atom is -0.308 e. The molecule has 4 nitrogen and oxygen atoms in total. The van der Waals surface area contributed by atoms with Crippen LogP contribution in [0.15, 0.2) is 29.2 Å². The van der Waals surface area contributed by atoms with E-state index in [-0.39, 0.29) is 16.4 Å². The van der Waals surface area contributed by atoms with Crippen LogP contribution in [0.2, 0.25) is 0 Å². The molecule has 1 rings (SSSR count). The molecule has 0 atom stereocenters. The summed E-state index contributed by atoms with van der Waals surface area (Å²) in [6, 6.07) is 6.17. The van der Waals surface area contributed by atoms with E-state index in [0.29, 0.717) is 18.5 Å². The first-order valence-corrected chi connectivity index (χ1v) is 7.53. The molecule has 0 bridgehead atoms. The lowest BCUT2D eigenvalue weighted by Gasteiger charge is -2.10. The van der Waals surface area contributed by atoms with Crippen LogP contribution < -0.4 is 0 Å². The predicted octanol–water partition coefficient (Wildman–Crippen LogP) is 1.61. The molecule has 0 unspecified atom stereocenters. The van der Waals surface area contributed by atoms with Gasteiger partial charge in [0.25, 0.3) is 0 Å². The van der Waals surface area contributed by atoms with Gasteiger partial charge in [-0.1, -0.05) is 19.1 Å². The second-order valence-electron chi connectivity index (χ2n) is 4.42. The van der Waals surface area contributed by atoms with Crippen molar-refractivity contribution in [2.24, 2.45) is 0 Å². The number of nitrogens with zero attached hydrogens (tertiary/aromatic N) is 1. The Bertz CT molecular complexity index is 504. The van der Waals surface area contributed by atoms with Gasteiger partial charge in [-0.15, -0.1) is 0 Å². The van der Waals surface area contributed by atoms with Crippen LogP contribution in [0, 0.1) is 0 Å². The van der Waals surface area contributed by atoms with E-state index < -0.39 is 9.84 Å². The summed E-state index contributed by atoms with van der Waals surface area (Å²) in [5.41, 5.74) is 0.559. The molecule has 0 radical (unpaired) electrons. The highest BCUT2D eigenvalue weighted by Crippen LogP contribution is 2.13. The minimum atomic E-state index is -3.26. The van der Waals surface area contributed by atoms with E-state index in [2.05, 4.69) is 0 Å². The molecule has 0 amide bonds. The lowest BCUT2D eigenvalue weighted by Crippen LogP contribution is -2.22. The van der Waals surface area contributed by atoms with E-state index in [1.165, 1.54) is 12.1 Å². The van der Waals surface area contributed by atoms with Gasteiger partial charge in [-0.3, -0.25) is 4.79 Å². The van der Waals surface area contributed by atoms with Crippen LogP contribution in [-0.2, 0) is 9.84 Å². The fraction of sp³-hybridized carbons (Fsp3) is 0.462. The van der Waals surface area contributed by atoms with Gasteiger partial charge in [0.15, 0.2) is 15.6 Å². The Balaban J connectivity index is 2.87. The van der Waals surface area contributed by atoms with Crippen LogP contribution >= 0.6 is 0 Å². The minimum absolute atomic E-state index is 0.0206. The second-order valence-corrected chi connectivity index (χ2v) is 6.53. The third-order valence-corrected chi connectivity index (χ3v) is 4.37. The first-order chi connectivity index (χ1) is 8.36. The highest BCUT2D eigenvalue weighted by Gasteiger charge is 2.15. The fourth-order valence-corrected chi connectivity index (χ4v) is 2.86. The Morgan fingerprint density at radius 3 is 2.17 bits per heavy atom. The Labute approximate surface area is 109 Å². The first kappa shape index (κ1) is 14.9. The van der Waals surface area contributed by atoms with Crippen molar-refractivity contribution in [2.75, 3.05) is 26.4 Å². The smallest absolute Gasteiger partial charge is 0.179 e. The number of carbonyl (C=O) groups is 1. The van der Waals surface area contributed by atoms with E-state index in [1.54, 1.807) is 19.1 Å². The van der Waals surface area contributed by atoms with Crippen LogP contribution in [0.25, 0.3) is 0 Å². The van der Waals surface area contributed by atoms with Gasteiger partial charge in [0, 0.05) is 18.5 Å². The summed E-state index contributed by atoms with van der Waals surface area (Å²) in [7, 11) is 0.406. The largest absolute Gasteiger partial charge is 0.308 e. The molecule has 0 saturated heterocycles. The molecule has 0 N–H and O–H groups in total. The highest BCUT2D eigenvalue weighted by atomic mass is 32.2. The standard InChI is InChI=1S/C13H19NO3S/c1-4-13(15)11-5-7-12(8-6-11)18(16,17)10-9-14(2)3/h5-8H,4,9-10H2,1-3H3. The zero-order valence-electron chi connectivity index (χ0n) is 11.0.